The number of methoxy groups -OCH3 is 2. The number of ether oxygens (including phenoxy) is 3. The molecule has 3 aromatic heterocycles. The third kappa shape index (κ3) is 4.47. The summed E-state index contributed by atoms with van der Waals surface area (Å²) in [6.07, 6.45) is 1.64. The van der Waals surface area contributed by atoms with Gasteiger partial charge < -0.3 is 24.1 Å². The predicted octanol–water partition coefficient (Wildman–Crippen LogP) is 3.63. The maximum Gasteiger partial charge on any atom is 0.328 e. The highest BCUT2D eigenvalue weighted by atomic mass is 35.5. The Morgan fingerprint density at radius 2 is 1.95 bits per heavy atom. The highest BCUT2D eigenvalue weighted by molar-refractivity contribution is 7.25. The van der Waals surface area contributed by atoms with Crippen LogP contribution in [-0.2, 0) is 6.54 Å². The van der Waals surface area contributed by atoms with E-state index in [9.17, 15) is 9.59 Å². The molecule has 2 aliphatic heterocycles. The van der Waals surface area contributed by atoms with Crippen molar-refractivity contribution in [2.24, 2.45) is 5.92 Å². The lowest BCUT2D eigenvalue weighted by Gasteiger charge is -2.29. The van der Waals surface area contributed by atoms with Gasteiger partial charge >= 0.3 is 5.69 Å². The van der Waals surface area contributed by atoms with Crippen LogP contribution in [0.2, 0.25) is 0 Å². The van der Waals surface area contributed by atoms with Crippen LogP contribution in [0.25, 0.3) is 20.4 Å². The topological polar surface area (TPSA) is 98.7 Å². The summed E-state index contributed by atoms with van der Waals surface area (Å²) in [5.74, 6) is 3.15. The van der Waals surface area contributed by atoms with Crippen LogP contribution in [0.3, 0.4) is 0 Å². The quantitative estimate of drug-likeness (QED) is 0.355. The van der Waals surface area contributed by atoms with Gasteiger partial charge in [0.05, 0.1) is 26.3 Å². The zero-order chi connectivity index (χ0) is 24.8. The van der Waals surface area contributed by atoms with Crippen molar-refractivity contribution >= 4 is 44.2 Å². The van der Waals surface area contributed by atoms with Gasteiger partial charge in [0.25, 0.3) is 5.56 Å². The molecule has 0 aliphatic carbocycles. The van der Waals surface area contributed by atoms with E-state index in [0.29, 0.717) is 39.3 Å². The van der Waals surface area contributed by atoms with Crippen LogP contribution >= 0.6 is 23.7 Å². The maximum absolute atomic E-state index is 13.1. The molecule has 196 valence electrons. The molecule has 6 rings (SSSR count). The number of likely N-dealkylation sites (tertiary alicyclic amines) is 1. The Morgan fingerprint density at radius 1 is 1.11 bits per heavy atom. The van der Waals surface area contributed by atoms with Crippen molar-refractivity contribution < 1.29 is 14.2 Å². The fraction of sp³-hybridized carbons (Fsp3) is 0.423. The first-order chi connectivity index (χ1) is 17.6. The predicted molar refractivity (Wildman–Crippen MR) is 146 cm³/mol. The minimum absolute atomic E-state index is 0. The first kappa shape index (κ1) is 25.6. The van der Waals surface area contributed by atoms with E-state index in [1.165, 1.54) is 21.5 Å². The molecular formula is C26H29ClN4O5S. The number of fused-ring (bicyclic) bond motifs is 6. The summed E-state index contributed by atoms with van der Waals surface area (Å²) in [4.78, 5) is 36.3. The van der Waals surface area contributed by atoms with Crippen LogP contribution in [0.4, 0.5) is 0 Å². The van der Waals surface area contributed by atoms with Crippen LogP contribution in [0.5, 0.6) is 17.4 Å². The smallest absolute Gasteiger partial charge is 0.328 e. The van der Waals surface area contributed by atoms with Crippen LogP contribution in [0.1, 0.15) is 24.3 Å². The molecule has 9 nitrogen and oxygen atoms in total. The van der Waals surface area contributed by atoms with Gasteiger partial charge in [0.15, 0.2) is 0 Å². The SMILES string of the molecule is COc1ccc2c(n1)sc1c(=O)n(CCCCN3C[C@H]4COc5cccc(OC)c5[C@@H]4C3)c(=O)[nH]c12.Cl. The van der Waals surface area contributed by atoms with Crippen molar-refractivity contribution in [3.8, 4) is 17.4 Å². The number of thiophene rings is 1. The molecule has 0 unspecified atom stereocenters. The lowest BCUT2D eigenvalue weighted by atomic mass is 9.86. The normalized spacial score (nSPS) is 18.8. The third-order valence-electron chi connectivity index (χ3n) is 7.35. The highest BCUT2D eigenvalue weighted by Gasteiger charge is 2.40. The van der Waals surface area contributed by atoms with Crippen molar-refractivity contribution in [1.29, 1.82) is 0 Å². The van der Waals surface area contributed by atoms with E-state index in [2.05, 4.69) is 14.9 Å². The van der Waals surface area contributed by atoms with Gasteiger partial charge in [-0.15, -0.1) is 23.7 Å². The number of rotatable bonds is 7. The van der Waals surface area contributed by atoms with Crippen molar-refractivity contribution in [2.45, 2.75) is 25.3 Å². The standard InChI is InChI=1S/C26H28N4O5S.ClH/c1-33-18-6-5-7-19-21(18)17-13-29(12-15(17)14-35-19)10-3-4-11-30-25(31)23-22(28-26(30)32)16-8-9-20(34-2)27-24(16)36-23;/h5-9,15,17H,3-4,10-14H2,1-2H3,(H,28,32);1H/t15-,17+;/m0./s1. The Hall–Kier alpha value is -3.08. The summed E-state index contributed by atoms with van der Waals surface area (Å²) in [5, 5.41) is 0.759. The van der Waals surface area contributed by atoms with E-state index in [0.717, 1.165) is 56.0 Å². The number of aromatic nitrogens is 3. The Balaban J connectivity index is 0.00000280. The molecule has 1 aromatic carbocycles. The van der Waals surface area contributed by atoms with Crippen LogP contribution in [0, 0.1) is 5.92 Å². The summed E-state index contributed by atoms with van der Waals surface area (Å²) in [7, 11) is 3.26. The first-order valence-corrected chi connectivity index (χ1v) is 13.0. The fourth-order valence-corrected chi connectivity index (χ4v) is 6.65. The average Bonchev–Trinajstić information content (AvgIpc) is 3.48. The number of aromatic amines is 1. The molecule has 11 heteroatoms. The van der Waals surface area contributed by atoms with Gasteiger partial charge in [-0.3, -0.25) is 9.36 Å². The number of hydrogen-bond acceptors (Lipinski definition) is 8. The minimum atomic E-state index is -0.379. The number of H-pyrrole nitrogens is 1. The second-order valence-electron chi connectivity index (χ2n) is 9.42. The second-order valence-corrected chi connectivity index (χ2v) is 10.4. The van der Waals surface area contributed by atoms with Crippen LogP contribution in [-0.4, -0.2) is 59.9 Å². The zero-order valence-corrected chi connectivity index (χ0v) is 22.3. The average molecular weight is 545 g/mol. The summed E-state index contributed by atoms with van der Waals surface area (Å²) >= 11 is 1.28. The monoisotopic (exact) mass is 544 g/mol. The summed E-state index contributed by atoms with van der Waals surface area (Å²) < 4.78 is 18.6. The van der Waals surface area contributed by atoms with Crippen molar-refractivity contribution in [3.63, 3.8) is 0 Å². The summed E-state index contributed by atoms with van der Waals surface area (Å²) in [5.41, 5.74) is 1.09. The minimum Gasteiger partial charge on any atom is -0.496 e. The first-order valence-electron chi connectivity index (χ1n) is 12.2. The Morgan fingerprint density at radius 3 is 2.76 bits per heavy atom. The Bertz CT molecular complexity index is 1550. The number of halogens is 1. The number of unbranched alkanes of at least 4 members (excludes halogenated alkanes) is 1. The molecular weight excluding hydrogens is 516 g/mol. The second kappa shape index (κ2) is 10.4. The molecule has 0 saturated carbocycles. The molecule has 2 atom stereocenters. The summed E-state index contributed by atoms with van der Waals surface area (Å²) in [6.45, 7) is 3.97. The number of nitrogens with zero attached hydrogens (tertiary/aromatic N) is 3. The largest absolute Gasteiger partial charge is 0.496 e. The molecule has 0 radical (unpaired) electrons. The molecule has 2 aliphatic rings. The number of benzene rings is 1. The van der Waals surface area contributed by atoms with E-state index >= 15 is 0 Å². The lowest BCUT2D eigenvalue weighted by molar-refractivity contribution is 0.209. The number of pyridine rings is 1. The van der Waals surface area contributed by atoms with E-state index in [1.54, 1.807) is 20.3 Å². The van der Waals surface area contributed by atoms with Gasteiger partial charge in [-0.1, -0.05) is 6.07 Å². The Kier molecular flexibility index (Phi) is 7.15. The maximum atomic E-state index is 13.1. The molecule has 37 heavy (non-hydrogen) atoms. The van der Waals surface area contributed by atoms with Crippen LogP contribution < -0.4 is 25.5 Å². The van der Waals surface area contributed by atoms with Crippen molar-refractivity contribution in [3.05, 3.63) is 56.7 Å². The fourth-order valence-electron chi connectivity index (χ4n) is 5.58. The molecule has 1 fully saturated rings. The van der Waals surface area contributed by atoms with Gasteiger partial charge in [0.1, 0.15) is 21.0 Å². The van der Waals surface area contributed by atoms with E-state index in [-0.39, 0.29) is 23.7 Å². The van der Waals surface area contributed by atoms with E-state index < -0.39 is 0 Å². The Labute approximate surface area is 223 Å². The molecule has 0 spiro atoms. The van der Waals surface area contributed by atoms with Gasteiger partial charge in [-0.2, -0.15) is 0 Å². The van der Waals surface area contributed by atoms with E-state index in [4.69, 9.17) is 14.2 Å². The molecule has 4 aromatic rings. The number of nitrogens with one attached hydrogen (secondary N) is 1. The molecule has 1 saturated heterocycles. The van der Waals surface area contributed by atoms with Gasteiger partial charge in [0.2, 0.25) is 5.88 Å². The lowest BCUT2D eigenvalue weighted by Crippen LogP contribution is -2.34. The van der Waals surface area contributed by atoms with Crippen molar-refractivity contribution in [2.75, 3.05) is 40.5 Å². The molecule has 1 N–H and O–H groups in total. The van der Waals surface area contributed by atoms with Crippen LogP contribution in [0.15, 0.2) is 39.9 Å². The number of hydrogen-bond donors (Lipinski definition) is 1. The summed E-state index contributed by atoms with van der Waals surface area (Å²) in [6, 6.07) is 9.55. The van der Waals surface area contributed by atoms with E-state index in [1.807, 2.05) is 24.3 Å². The molecule has 0 bridgehead atoms. The zero-order valence-electron chi connectivity index (χ0n) is 20.7. The third-order valence-corrected chi connectivity index (χ3v) is 8.44. The molecule has 5 heterocycles. The van der Waals surface area contributed by atoms with Gasteiger partial charge in [-0.05, 0) is 37.6 Å². The van der Waals surface area contributed by atoms with Crippen molar-refractivity contribution in [1.82, 2.24) is 19.4 Å². The van der Waals surface area contributed by atoms with Gasteiger partial charge in [-0.25, -0.2) is 9.78 Å². The molecule has 0 amide bonds. The highest BCUT2D eigenvalue weighted by Crippen LogP contribution is 2.46. The van der Waals surface area contributed by atoms with Gasteiger partial charge in [0, 0.05) is 48.5 Å².